The highest BCUT2D eigenvalue weighted by molar-refractivity contribution is 9.10. The van der Waals surface area contributed by atoms with Gasteiger partial charge in [-0.2, -0.15) is 0 Å². The smallest absolute Gasteiger partial charge is 0.173 e. The molecule has 0 aliphatic carbocycles. The van der Waals surface area contributed by atoms with Crippen molar-refractivity contribution in [3.05, 3.63) is 39.3 Å². The van der Waals surface area contributed by atoms with Crippen LogP contribution in [-0.2, 0) is 0 Å². The van der Waals surface area contributed by atoms with E-state index in [-0.39, 0.29) is 10.5 Å². The highest BCUT2D eigenvalue weighted by Crippen LogP contribution is 2.34. The maximum atomic E-state index is 13.5. The molecule has 0 bridgehead atoms. The van der Waals surface area contributed by atoms with E-state index >= 15 is 0 Å². The van der Waals surface area contributed by atoms with Gasteiger partial charge in [-0.1, -0.05) is 0 Å². The van der Waals surface area contributed by atoms with Crippen molar-refractivity contribution >= 4 is 27.3 Å². The van der Waals surface area contributed by atoms with Crippen LogP contribution < -0.4 is 5.32 Å². The average molecular weight is 333 g/mol. The Kier molecular flexibility index (Phi) is 4.09. The topological polar surface area (TPSA) is 24.9 Å². The predicted molar refractivity (Wildman–Crippen MR) is 72.6 cm³/mol. The quantitative estimate of drug-likeness (QED) is 0.855. The molecule has 6 heteroatoms. The first-order chi connectivity index (χ1) is 8.54. The summed E-state index contributed by atoms with van der Waals surface area (Å²) in [6.45, 7) is 1.99. The molecule has 0 aliphatic heterocycles. The Hall–Kier alpha value is -0.850. The molecule has 0 fully saturated rings. The van der Waals surface area contributed by atoms with Crippen molar-refractivity contribution in [2.24, 2.45) is 0 Å². The molecule has 1 N–H and O–H groups in total. The number of hydrogen-bond acceptors (Lipinski definition) is 3. The monoisotopic (exact) mass is 332 g/mol. The third kappa shape index (κ3) is 2.46. The zero-order valence-electron chi connectivity index (χ0n) is 9.80. The normalized spacial score (nSPS) is 12.7. The van der Waals surface area contributed by atoms with Crippen molar-refractivity contribution in [3.63, 3.8) is 0 Å². The number of nitrogens with zero attached hydrogens (tertiary/aromatic N) is 1. The molecule has 1 unspecified atom stereocenters. The van der Waals surface area contributed by atoms with Gasteiger partial charge in [0.2, 0.25) is 0 Å². The zero-order chi connectivity index (χ0) is 13.3. The third-order valence-electron chi connectivity index (χ3n) is 2.66. The van der Waals surface area contributed by atoms with Crippen LogP contribution in [0.1, 0.15) is 18.7 Å². The van der Waals surface area contributed by atoms with Crippen LogP contribution in [-0.4, -0.2) is 12.0 Å². The van der Waals surface area contributed by atoms with E-state index in [4.69, 9.17) is 0 Å². The Morgan fingerprint density at radius 2 is 2.11 bits per heavy atom. The number of thiazole rings is 1. The van der Waals surface area contributed by atoms with E-state index in [1.165, 1.54) is 17.4 Å². The lowest BCUT2D eigenvalue weighted by molar-refractivity contribution is 0.504. The first kappa shape index (κ1) is 13.6. The van der Waals surface area contributed by atoms with Gasteiger partial charge in [-0.3, -0.25) is 0 Å². The van der Waals surface area contributed by atoms with Crippen LogP contribution in [0, 0.1) is 11.6 Å². The van der Waals surface area contributed by atoms with Crippen LogP contribution in [0.4, 0.5) is 8.78 Å². The van der Waals surface area contributed by atoms with E-state index in [1.54, 1.807) is 0 Å². The average Bonchev–Trinajstić information content (AvgIpc) is 2.84. The summed E-state index contributed by atoms with van der Waals surface area (Å²) in [6.07, 6.45) is 0. The Labute approximate surface area is 116 Å². The Bertz CT molecular complexity index is 571. The van der Waals surface area contributed by atoms with Crippen LogP contribution in [0.25, 0.3) is 10.6 Å². The fourth-order valence-electron chi connectivity index (χ4n) is 1.45. The van der Waals surface area contributed by atoms with Gasteiger partial charge in [0.15, 0.2) is 11.6 Å². The molecule has 96 valence electrons. The highest BCUT2D eigenvalue weighted by Gasteiger charge is 2.16. The van der Waals surface area contributed by atoms with Gasteiger partial charge in [0, 0.05) is 17.0 Å². The summed E-state index contributed by atoms with van der Waals surface area (Å²) in [5.41, 5.74) is 1.45. The second-order valence-electron chi connectivity index (χ2n) is 3.81. The zero-order valence-corrected chi connectivity index (χ0v) is 12.2. The molecule has 0 amide bonds. The molecule has 1 atom stereocenters. The molecule has 1 aromatic carbocycles. The van der Waals surface area contributed by atoms with Crippen molar-refractivity contribution in [3.8, 4) is 10.6 Å². The number of hydrogen-bond donors (Lipinski definition) is 1. The summed E-state index contributed by atoms with van der Waals surface area (Å²) in [5, 5.41) is 5.65. The van der Waals surface area contributed by atoms with Crippen LogP contribution in [0.3, 0.4) is 0 Å². The summed E-state index contributed by atoms with van der Waals surface area (Å²) in [5.74, 6) is -1.75. The molecule has 18 heavy (non-hydrogen) atoms. The van der Waals surface area contributed by atoms with Crippen LogP contribution in [0.5, 0.6) is 0 Å². The molecule has 1 aromatic heterocycles. The Morgan fingerprint density at radius 1 is 1.39 bits per heavy atom. The number of benzene rings is 1. The van der Waals surface area contributed by atoms with E-state index in [1.807, 2.05) is 19.4 Å². The number of nitrogens with one attached hydrogen (secondary N) is 1. The van der Waals surface area contributed by atoms with Gasteiger partial charge in [0.05, 0.1) is 10.2 Å². The molecule has 0 saturated heterocycles. The number of aromatic nitrogens is 1. The summed E-state index contributed by atoms with van der Waals surface area (Å²) < 4.78 is 26.6. The Balaban J connectivity index is 2.43. The second-order valence-corrected chi connectivity index (χ2v) is 5.46. The van der Waals surface area contributed by atoms with Gasteiger partial charge in [0.1, 0.15) is 5.01 Å². The van der Waals surface area contributed by atoms with Crippen molar-refractivity contribution in [2.75, 3.05) is 7.05 Å². The summed E-state index contributed by atoms with van der Waals surface area (Å²) in [6, 6.07) is 2.76. The molecular formula is C12H11BrF2N2S. The SMILES string of the molecule is CNC(C)c1csc(-c2ccc(F)c(F)c2Br)n1. The van der Waals surface area contributed by atoms with Crippen molar-refractivity contribution < 1.29 is 8.78 Å². The predicted octanol–water partition coefficient (Wildman–Crippen LogP) is 4.13. The Morgan fingerprint density at radius 3 is 2.78 bits per heavy atom. The first-order valence-corrected chi connectivity index (χ1v) is 6.98. The molecule has 2 nitrogen and oxygen atoms in total. The molecular weight excluding hydrogens is 322 g/mol. The minimum absolute atomic E-state index is 0.112. The number of rotatable bonds is 3. The fraction of sp³-hybridized carbons (Fsp3) is 0.250. The fourth-order valence-corrected chi connectivity index (χ4v) is 3.03. The molecule has 0 radical (unpaired) electrons. The molecule has 0 spiro atoms. The van der Waals surface area contributed by atoms with Crippen molar-refractivity contribution in [1.82, 2.24) is 10.3 Å². The second kappa shape index (κ2) is 5.42. The minimum atomic E-state index is -0.883. The molecule has 2 rings (SSSR count). The maximum absolute atomic E-state index is 13.5. The van der Waals surface area contributed by atoms with Crippen LogP contribution in [0.2, 0.25) is 0 Å². The van der Waals surface area contributed by atoms with Gasteiger partial charge >= 0.3 is 0 Å². The van der Waals surface area contributed by atoms with Crippen molar-refractivity contribution in [2.45, 2.75) is 13.0 Å². The van der Waals surface area contributed by atoms with Crippen molar-refractivity contribution in [1.29, 1.82) is 0 Å². The standard InChI is InChI=1S/C12H11BrF2N2S/c1-6(16-2)9-5-18-12(17-9)7-3-4-8(14)11(15)10(7)13/h3-6,16H,1-2H3. The maximum Gasteiger partial charge on any atom is 0.173 e. The van der Waals surface area contributed by atoms with Crippen LogP contribution in [0.15, 0.2) is 22.0 Å². The molecule has 2 aromatic rings. The summed E-state index contributed by atoms with van der Waals surface area (Å²) >= 11 is 4.47. The van der Waals surface area contributed by atoms with E-state index in [2.05, 4.69) is 26.2 Å². The lowest BCUT2D eigenvalue weighted by Crippen LogP contribution is -2.12. The van der Waals surface area contributed by atoms with Gasteiger partial charge in [-0.25, -0.2) is 13.8 Å². The van der Waals surface area contributed by atoms with E-state index in [9.17, 15) is 8.78 Å². The highest BCUT2D eigenvalue weighted by atomic mass is 79.9. The lowest BCUT2D eigenvalue weighted by Gasteiger charge is -2.06. The van der Waals surface area contributed by atoms with E-state index < -0.39 is 11.6 Å². The largest absolute Gasteiger partial charge is 0.312 e. The number of halogens is 3. The molecule has 0 saturated carbocycles. The summed E-state index contributed by atoms with van der Waals surface area (Å²) in [7, 11) is 1.84. The van der Waals surface area contributed by atoms with Gasteiger partial charge in [-0.15, -0.1) is 11.3 Å². The first-order valence-electron chi connectivity index (χ1n) is 5.31. The van der Waals surface area contributed by atoms with Gasteiger partial charge in [-0.05, 0) is 42.0 Å². The minimum Gasteiger partial charge on any atom is -0.312 e. The van der Waals surface area contributed by atoms with Gasteiger partial charge in [0.25, 0.3) is 0 Å². The van der Waals surface area contributed by atoms with Gasteiger partial charge < -0.3 is 5.32 Å². The molecule has 0 aliphatic rings. The lowest BCUT2D eigenvalue weighted by atomic mass is 10.2. The third-order valence-corrected chi connectivity index (χ3v) is 4.33. The van der Waals surface area contributed by atoms with E-state index in [0.717, 1.165) is 11.8 Å². The van der Waals surface area contributed by atoms with Crippen LogP contribution >= 0.6 is 27.3 Å². The van der Waals surface area contributed by atoms with E-state index in [0.29, 0.717) is 10.6 Å². The summed E-state index contributed by atoms with van der Waals surface area (Å²) in [4.78, 5) is 4.42. The molecule has 1 heterocycles.